The van der Waals surface area contributed by atoms with Crippen molar-refractivity contribution < 1.29 is 0 Å². The summed E-state index contributed by atoms with van der Waals surface area (Å²) in [5.74, 6) is 0.661. The molecule has 2 rings (SSSR count). The fourth-order valence-corrected chi connectivity index (χ4v) is 2.10. The van der Waals surface area contributed by atoms with E-state index in [2.05, 4.69) is 28.7 Å². The van der Waals surface area contributed by atoms with Gasteiger partial charge in [-0.2, -0.15) is 0 Å². The molecule has 0 aliphatic carbocycles. The van der Waals surface area contributed by atoms with Crippen LogP contribution in [0.3, 0.4) is 0 Å². The highest BCUT2D eigenvalue weighted by Gasteiger charge is 2.19. The summed E-state index contributed by atoms with van der Waals surface area (Å²) in [6.45, 7) is 6.62. The predicted molar refractivity (Wildman–Crippen MR) is 57.3 cm³/mol. The molecule has 0 radical (unpaired) electrons. The smallest absolute Gasteiger partial charge is 0.0948 e. The highest BCUT2D eigenvalue weighted by Crippen LogP contribution is 2.25. The maximum absolute atomic E-state index is 4.22. The van der Waals surface area contributed by atoms with E-state index in [1.807, 2.05) is 12.5 Å². The Morgan fingerprint density at radius 2 is 2.50 bits per heavy atom. The molecule has 14 heavy (non-hydrogen) atoms. The molecule has 0 saturated heterocycles. The summed E-state index contributed by atoms with van der Waals surface area (Å²) in [5, 5.41) is 3.50. The van der Waals surface area contributed by atoms with Crippen molar-refractivity contribution in [1.29, 1.82) is 0 Å². The third-order valence-electron chi connectivity index (χ3n) is 2.89. The molecule has 1 unspecified atom stereocenters. The average molecular weight is 193 g/mol. The zero-order valence-corrected chi connectivity index (χ0v) is 9.03. The second kappa shape index (κ2) is 4.13. The highest BCUT2D eigenvalue weighted by atomic mass is 15.1. The quantitative estimate of drug-likeness (QED) is 0.792. The van der Waals surface area contributed by atoms with Crippen LogP contribution in [0.2, 0.25) is 0 Å². The zero-order valence-electron chi connectivity index (χ0n) is 9.03. The first-order valence-electron chi connectivity index (χ1n) is 5.51. The van der Waals surface area contributed by atoms with Crippen molar-refractivity contribution in [1.82, 2.24) is 14.9 Å². The summed E-state index contributed by atoms with van der Waals surface area (Å²) in [7, 11) is 0. The SMILES string of the molecule is CC(C)NCC1CCCn2cncc21. The molecule has 0 amide bonds. The Morgan fingerprint density at radius 1 is 1.64 bits per heavy atom. The Morgan fingerprint density at radius 3 is 3.29 bits per heavy atom. The topological polar surface area (TPSA) is 29.9 Å². The molecule has 1 aliphatic rings. The van der Waals surface area contributed by atoms with Crippen molar-refractivity contribution in [3.63, 3.8) is 0 Å². The molecule has 3 heteroatoms. The number of nitrogens with one attached hydrogen (secondary N) is 1. The normalized spacial score (nSPS) is 21.2. The number of nitrogens with zero attached hydrogens (tertiary/aromatic N) is 2. The van der Waals surface area contributed by atoms with Gasteiger partial charge in [-0.3, -0.25) is 0 Å². The highest BCUT2D eigenvalue weighted by molar-refractivity contribution is 5.09. The van der Waals surface area contributed by atoms with Gasteiger partial charge in [0, 0.05) is 36.9 Å². The molecule has 0 aromatic carbocycles. The predicted octanol–water partition coefficient (Wildman–Crippen LogP) is 1.76. The summed E-state index contributed by atoms with van der Waals surface area (Å²) in [4.78, 5) is 4.22. The van der Waals surface area contributed by atoms with E-state index in [1.165, 1.54) is 18.5 Å². The minimum absolute atomic E-state index is 0.577. The van der Waals surface area contributed by atoms with Gasteiger partial charge in [0.05, 0.1) is 6.33 Å². The maximum atomic E-state index is 4.22. The Balaban J connectivity index is 2.01. The average Bonchev–Trinajstić information content (AvgIpc) is 2.62. The number of hydrogen-bond donors (Lipinski definition) is 1. The first-order chi connectivity index (χ1) is 6.77. The third kappa shape index (κ3) is 1.98. The monoisotopic (exact) mass is 193 g/mol. The molecule has 1 aromatic heterocycles. The van der Waals surface area contributed by atoms with Crippen LogP contribution in [0.5, 0.6) is 0 Å². The van der Waals surface area contributed by atoms with E-state index >= 15 is 0 Å². The van der Waals surface area contributed by atoms with Crippen LogP contribution in [0.25, 0.3) is 0 Å². The van der Waals surface area contributed by atoms with Gasteiger partial charge >= 0.3 is 0 Å². The number of aromatic nitrogens is 2. The number of rotatable bonds is 3. The lowest BCUT2D eigenvalue weighted by Gasteiger charge is -2.25. The number of fused-ring (bicyclic) bond motifs is 1. The Labute approximate surface area is 85.5 Å². The van der Waals surface area contributed by atoms with Gasteiger partial charge in [-0.1, -0.05) is 13.8 Å². The van der Waals surface area contributed by atoms with Gasteiger partial charge in [0.25, 0.3) is 0 Å². The fraction of sp³-hybridized carbons (Fsp3) is 0.727. The van der Waals surface area contributed by atoms with Gasteiger partial charge in [-0.25, -0.2) is 4.98 Å². The molecular weight excluding hydrogens is 174 g/mol. The summed E-state index contributed by atoms with van der Waals surface area (Å²) in [6, 6.07) is 0.577. The number of hydrogen-bond acceptors (Lipinski definition) is 2. The molecule has 0 fully saturated rings. The zero-order chi connectivity index (χ0) is 9.97. The van der Waals surface area contributed by atoms with Crippen LogP contribution in [-0.4, -0.2) is 22.1 Å². The standard InChI is InChI=1S/C11H19N3/c1-9(2)13-6-10-4-3-5-14-8-12-7-11(10)14/h7-10,13H,3-6H2,1-2H3. The number of aryl methyl sites for hydroxylation is 1. The molecule has 0 saturated carbocycles. The fourth-order valence-electron chi connectivity index (χ4n) is 2.10. The van der Waals surface area contributed by atoms with Crippen molar-refractivity contribution in [2.45, 2.75) is 45.2 Å². The first-order valence-corrected chi connectivity index (χ1v) is 5.51. The Bertz CT molecular complexity index is 290. The summed E-state index contributed by atoms with van der Waals surface area (Å²) >= 11 is 0. The van der Waals surface area contributed by atoms with Gasteiger partial charge in [-0.15, -0.1) is 0 Å². The van der Waals surface area contributed by atoms with Gasteiger partial charge < -0.3 is 9.88 Å². The van der Waals surface area contributed by atoms with Crippen molar-refractivity contribution in [3.8, 4) is 0 Å². The maximum Gasteiger partial charge on any atom is 0.0948 e. The van der Waals surface area contributed by atoms with Crippen LogP contribution in [0.4, 0.5) is 0 Å². The molecule has 0 bridgehead atoms. The molecule has 2 heterocycles. The second-order valence-corrected chi connectivity index (χ2v) is 4.41. The van der Waals surface area contributed by atoms with Crippen molar-refractivity contribution in [3.05, 3.63) is 18.2 Å². The van der Waals surface area contributed by atoms with Crippen molar-refractivity contribution >= 4 is 0 Å². The van der Waals surface area contributed by atoms with E-state index in [0.717, 1.165) is 13.1 Å². The van der Waals surface area contributed by atoms with Gasteiger partial charge in [-0.05, 0) is 12.8 Å². The Hall–Kier alpha value is -0.830. The minimum Gasteiger partial charge on any atom is -0.334 e. The summed E-state index contributed by atoms with van der Waals surface area (Å²) in [5.41, 5.74) is 1.41. The van der Waals surface area contributed by atoms with Gasteiger partial charge in [0.1, 0.15) is 0 Å². The van der Waals surface area contributed by atoms with Crippen molar-refractivity contribution in [2.24, 2.45) is 0 Å². The van der Waals surface area contributed by atoms with Crippen LogP contribution in [-0.2, 0) is 6.54 Å². The molecule has 0 spiro atoms. The lowest BCUT2D eigenvalue weighted by atomic mass is 9.96. The molecule has 3 nitrogen and oxygen atoms in total. The molecule has 1 aliphatic heterocycles. The second-order valence-electron chi connectivity index (χ2n) is 4.41. The van der Waals surface area contributed by atoms with Gasteiger partial charge in [0.2, 0.25) is 0 Å². The molecular formula is C11H19N3. The first kappa shape index (κ1) is 9.71. The van der Waals surface area contributed by atoms with E-state index in [9.17, 15) is 0 Å². The Kier molecular flexibility index (Phi) is 2.87. The molecule has 78 valence electrons. The molecule has 1 aromatic rings. The minimum atomic E-state index is 0.577. The summed E-state index contributed by atoms with van der Waals surface area (Å²) in [6.07, 6.45) is 6.56. The van der Waals surface area contributed by atoms with Crippen LogP contribution in [0, 0.1) is 0 Å². The van der Waals surface area contributed by atoms with E-state index < -0.39 is 0 Å². The lowest BCUT2D eigenvalue weighted by Crippen LogP contribution is -2.30. The van der Waals surface area contributed by atoms with E-state index in [0.29, 0.717) is 12.0 Å². The van der Waals surface area contributed by atoms with E-state index in [4.69, 9.17) is 0 Å². The third-order valence-corrected chi connectivity index (χ3v) is 2.89. The van der Waals surface area contributed by atoms with E-state index in [-0.39, 0.29) is 0 Å². The van der Waals surface area contributed by atoms with Crippen molar-refractivity contribution in [2.75, 3.05) is 6.54 Å². The summed E-state index contributed by atoms with van der Waals surface area (Å²) < 4.78 is 2.29. The molecule has 1 atom stereocenters. The number of imidazole rings is 1. The molecule has 1 N–H and O–H groups in total. The van der Waals surface area contributed by atoms with Crippen LogP contribution in [0.1, 0.15) is 38.3 Å². The van der Waals surface area contributed by atoms with Crippen LogP contribution < -0.4 is 5.32 Å². The van der Waals surface area contributed by atoms with E-state index in [1.54, 1.807) is 0 Å². The largest absolute Gasteiger partial charge is 0.334 e. The van der Waals surface area contributed by atoms with Gasteiger partial charge in [0.15, 0.2) is 0 Å². The van der Waals surface area contributed by atoms with Crippen LogP contribution >= 0.6 is 0 Å². The lowest BCUT2D eigenvalue weighted by molar-refractivity contribution is 0.420. The van der Waals surface area contributed by atoms with Crippen LogP contribution in [0.15, 0.2) is 12.5 Å².